The molecule has 0 amide bonds. The van der Waals surface area contributed by atoms with Crippen molar-refractivity contribution in [3.05, 3.63) is 29.8 Å². The zero-order valence-corrected chi connectivity index (χ0v) is 15.5. The Labute approximate surface area is 125 Å². The summed E-state index contributed by atoms with van der Waals surface area (Å²) in [6.45, 7) is 4.55. The van der Waals surface area contributed by atoms with E-state index in [2.05, 4.69) is 62.8 Å². The minimum absolute atomic E-state index is 0. The van der Waals surface area contributed by atoms with Gasteiger partial charge in [-0.2, -0.15) is 0 Å². The topological polar surface area (TPSA) is 2.70 Å². The fourth-order valence-electron chi connectivity index (χ4n) is 2.21. The molecule has 98 valence electrons. The molecule has 4 heteroatoms. The molecular formula is C13H20Br2OSe. The minimum Gasteiger partial charge on any atom is -1.00 e. The van der Waals surface area contributed by atoms with E-state index in [-0.39, 0.29) is 17.0 Å². The third-order valence-corrected chi connectivity index (χ3v) is 15.2. The van der Waals surface area contributed by atoms with E-state index < -0.39 is 11.4 Å². The zero-order valence-electron chi connectivity index (χ0n) is 10.6. The minimum atomic E-state index is -1.83. The van der Waals surface area contributed by atoms with Gasteiger partial charge in [0.05, 0.1) is 0 Å². The quantitative estimate of drug-likeness (QED) is 0.492. The van der Waals surface area contributed by atoms with Gasteiger partial charge in [-0.15, -0.1) is 0 Å². The van der Waals surface area contributed by atoms with Gasteiger partial charge in [-0.25, -0.2) is 0 Å². The summed E-state index contributed by atoms with van der Waals surface area (Å²) in [6, 6.07) is 8.91. The maximum atomic E-state index is 4.10. The van der Waals surface area contributed by atoms with Gasteiger partial charge < -0.3 is 17.0 Å². The summed E-state index contributed by atoms with van der Waals surface area (Å²) in [5.41, 5.74) is 1.50. The second-order valence-electron chi connectivity index (χ2n) is 4.33. The van der Waals surface area contributed by atoms with Crippen molar-refractivity contribution in [2.75, 3.05) is 7.11 Å². The van der Waals surface area contributed by atoms with E-state index in [4.69, 9.17) is 0 Å². The fourth-order valence-corrected chi connectivity index (χ4v) is 12.1. The molecule has 0 bridgehead atoms. The van der Waals surface area contributed by atoms with Crippen molar-refractivity contribution >= 4 is 29.9 Å². The molecule has 2 atom stereocenters. The third kappa shape index (κ3) is 2.66. The third-order valence-electron chi connectivity index (χ3n) is 3.36. The van der Waals surface area contributed by atoms with Crippen LogP contribution in [-0.4, -0.2) is 18.5 Å². The Bertz CT molecular complexity index is 385. The number of halogens is 2. The number of hydrogen-bond donors (Lipinski definition) is 0. The van der Waals surface area contributed by atoms with Crippen LogP contribution in [0.2, 0.25) is 5.32 Å². The van der Waals surface area contributed by atoms with Crippen LogP contribution in [0.25, 0.3) is 0 Å². The van der Waals surface area contributed by atoms with Crippen LogP contribution in [0.1, 0.15) is 38.4 Å². The first-order chi connectivity index (χ1) is 7.61. The van der Waals surface area contributed by atoms with Gasteiger partial charge in [-0.3, -0.25) is 0 Å². The Balaban J connectivity index is 0.00000144. The zero-order chi connectivity index (χ0) is 11.8. The van der Waals surface area contributed by atoms with Crippen LogP contribution in [0.15, 0.2) is 24.3 Å². The molecule has 0 fully saturated rings. The standard InChI is InChI=1S/C13H20BrOSe.BrH/c1-4-5-10-16(14)13-9-7-6-8-12(13)11(2)15(16)3;/h6-9,11H,4-5,10H2,1-3H3;1H/q+1;/p-1/t11-;/m0./s1. The summed E-state index contributed by atoms with van der Waals surface area (Å²) in [7, 11) is 2.20. The summed E-state index contributed by atoms with van der Waals surface area (Å²) >= 11 is 2.26. The molecule has 0 radical (unpaired) electrons. The van der Waals surface area contributed by atoms with Crippen molar-refractivity contribution in [3.63, 3.8) is 0 Å². The Kier molecular flexibility index (Phi) is 5.74. The van der Waals surface area contributed by atoms with Crippen molar-refractivity contribution in [3.8, 4) is 0 Å². The van der Waals surface area contributed by atoms with Gasteiger partial charge in [0.15, 0.2) is 0 Å². The average Bonchev–Trinajstić information content (AvgIpc) is 2.51. The molecule has 1 aliphatic rings. The molecule has 0 spiro atoms. The van der Waals surface area contributed by atoms with Crippen LogP contribution >= 0.6 is 14.1 Å². The SMILES string of the molecule is CCCC[Se]1(Br)c2ccccc2[C@H](C)[O+]1C.[Br-]. The molecule has 0 saturated heterocycles. The summed E-state index contributed by atoms with van der Waals surface area (Å²) in [5, 5.41) is 1.30. The number of fused-ring (bicyclic) bond motifs is 1. The maximum Gasteiger partial charge on any atom is -1.00 e. The van der Waals surface area contributed by atoms with E-state index in [1.165, 1.54) is 23.7 Å². The molecule has 17 heavy (non-hydrogen) atoms. The Morgan fingerprint density at radius 1 is 1.35 bits per heavy atom. The molecule has 1 nitrogen and oxygen atoms in total. The molecule has 1 aromatic carbocycles. The van der Waals surface area contributed by atoms with Crippen LogP contribution in [0.3, 0.4) is 0 Å². The van der Waals surface area contributed by atoms with Crippen molar-refractivity contribution in [1.29, 1.82) is 0 Å². The molecule has 1 unspecified atom stereocenters. The van der Waals surface area contributed by atoms with Crippen LogP contribution in [0.5, 0.6) is 0 Å². The predicted molar refractivity (Wildman–Crippen MR) is 75.9 cm³/mol. The molecular weight excluding hydrogens is 411 g/mol. The number of hydrogen-bond acceptors (Lipinski definition) is 0. The fraction of sp³-hybridized carbons (Fsp3) is 0.538. The van der Waals surface area contributed by atoms with Gasteiger partial charge in [0, 0.05) is 0 Å². The predicted octanol–water partition coefficient (Wildman–Crippen LogP) is 0.791. The molecule has 0 aromatic heterocycles. The molecule has 0 saturated carbocycles. The first-order valence-electron chi connectivity index (χ1n) is 5.86. The first-order valence-corrected chi connectivity index (χ1v) is 12.6. The van der Waals surface area contributed by atoms with E-state index in [1.54, 1.807) is 4.46 Å². The van der Waals surface area contributed by atoms with Gasteiger partial charge in [-0.1, -0.05) is 0 Å². The summed E-state index contributed by atoms with van der Waals surface area (Å²) in [6.07, 6.45) is 3.08. The van der Waals surface area contributed by atoms with E-state index in [0.29, 0.717) is 6.10 Å². The van der Waals surface area contributed by atoms with Gasteiger partial charge >= 0.3 is 108 Å². The number of rotatable bonds is 3. The van der Waals surface area contributed by atoms with Crippen LogP contribution < -0.4 is 21.4 Å². The second kappa shape index (κ2) is 6.20. The number of benzene rings is 1. The summed E-state index contributed by atoms with van der Waals surface area (Å²) in [5.74, 6) is 0. The second-order valence-corrected chi connectivity index (χ2v) is 15.1. The molecule has 1 aliphatic heterocycles. The van der Waals surface area contributed by atoms with Crippen molar-refractivity contribution in [2.45, 2.75) is 38.1 Å². The van der Waals surface area contributed by atoms with E-state index in [0.717, 1.165) is 0 Å². The monoisotopic (exact) mass is 430 g/mol. The smallest absolute Gasteiger partial charge is 1.00 e. The van der Waals surface area contributed by atoms with Crippen LogP contribution in [0.4, 0.5) is 0 Å². The molecule has 0 N–H and O–H groups in total. The van der Waals surface area contributed by atoms with Crippen molar-refractivity contribution in [1.82, 2.24) is 0 Å². The molecule has 1 aromatic rings. The molecule has 0 aliphatic carbocycles. The Hall–Kier alpha value is 0.659. The first kappa shape index (κ1) is 15.7. The van der Waals surface area contributed by atoms with Crippen LogP contribution in [-0.2, 0) is 3.45 Å². The summed E-state index contributed by atoms with van der Waals surface area (Å²) in [4.78, 5) is 0. The Morgan fingerprint density at radius 2 is 2.00 bits per heavy atom. The van der Waals surface area contributed by atoms with Crippen molar-refractivity contribution in [2.24, 2.45) is 0 Å². The molecule has 1 heterocycles. The Morgan fingerprint density at radius 3 is 2.65 bits per heavy atom. The largest absolute Gasteiger partial charge is 1.00 e. The normalized spacial score (nSPS) is 31.4. The van der Waals surface area contributed by atoms with E-state index >= 15 is 0 Å². The van der Waals surface area contributed by atoms with Gasteiger partial charge in [-0.05, 0) is 0 Å². The maximum absolute atomic E-state index is 4.10. The van der Waals surface area contributed by atoms with Gasteiger partial charge in [0.2, 0.25) is 0 Å². The van der Waals surface area contributed by atoms with Crippen molar-refractivity contribution < 1.29 is 20.4 Å². The average molecular weight is 431 g/mol. The van der Waals surface area contributed by atoms with Gasteiger partial charge in [0.25, 0.3) is 0 Å². The molecule has 2 rings (SSSR count). The van der Waals surface area contributed by atoms with Crippen LogP contribution in [0, 0.1) is 0 Å². The van der Waals surface area contributed by atoms with Gasteiger partial charge in [0.1, 0.15) is 0 Å². The summed E-state index contributed by atoms with van der Waals surface area (Å²) < 4.78 is 5.06. The van der Waals surface area contributed by atoms with E-state index in [1.807, 2.05) is 0 Å². The van der Waals surface area contributed by atoms with E-state index in [9.17, 15) is 0 Å². The number of unbranched alkanes of at least 4 members (excludes halogenated alkanes) is 1.